The molecule has 0 spiro atoms. The summed E-state index contributed by atoms with van der Waals surface area (Å²) in [5.74, 6) is -0.818. The Hall–Kier alpha value is -2.49. The minimum Gasteiger partial charge on any atom is -0.508 e. The number of hydrogen-bond donors (Lipinski definition) is 2. The highest BCUT2D eigenvalue weighted by Gasteiger charge is 2.30. The first-order valence-corrected chi connectivity index (χ1v) is 7.03. The lowest BCUT2D eigenvalue weighted by atomic mass is 9.97. The van der Waals surface area contributed by atoms with Crippen LogP contribution in [0.4, 0.5) is 5.69 Å². The number of aromatic hydroxyl groups is 1. The van der Waals surface area contributed by atoms with Crippen molar-refractivity contribution >= 4 is 11.7 Å². The summed E-state index contributed by atoms with van der Waals surface area (Å²) < 4.78 is 0. The Balaban J connectivity index is 2.05. The van der Waals surface area contributed by atoms with Gasteiger partial charge in [0.25, 0.3) is 0 Å². The molecule has 0 aromatic heterocycles. The first-order chi connectivity index (χ1) is 10.2. The molecule has 0 bridgehead atoms. The molecular formula is C17H17NO3. The molecule has 1 aliphatic heterocycles. The number of carboxylic acid groups (broad SMARTS) is 1. The quantitative estimate of drug-likeness (QED) is 0.909. The normalized spacial score (nSPS) is 15.3. The fraction of sp³-hybridized carbons (Fsp3) is 0.235. The lowest BCUT2D eigenvalue weighted by Gasteiger charge is -2.36. The smallest absolute Gasteiger partial charge is 0.331 e. The van der Waals surface area contributed by atoms with E-state index in [4.69, 9.17) is 0 Å². The standard InChI is InChI=1S/C17H17NO3/c19-14-8-3-6-13(11-14)16(17(20)21)18-10-4-7-12-5-1-2-9-15(12)18/h1-3,5-6,8-9,11,16,19H,4,7,10H2,(H,20,21). The number of anilines is 1. The van der Waals surface area contributed by atoms with E-state index in [1.807, 2.05) is 29.2 Å². The fourth-order valence-corrected chi connectivity index (χ4v) is 2.98. The Labute approximate surface area is 123 Å². The average Bonchev–Trinajstić information content (AvgIpc) is 2.47. The van der Waals surface area contributed by atoms with Crippen LogP contribution in [-0.4, -0.2) is 22.7 Å². The Bertz CT molecular complexity index is 669. The monoisotopic (exact) mass is 283 g/mol. The van der Waals surface area contributed by atoms with Crippen molar-refractivity contribution in [3.8, 4) is 5.75 Å². The van der Waals surface area contributed by atoms with Gasteiger partial charge in [-0.15, -0.1) is 0 Å². The van der Waals surface area contributed by atoms with E-state index in [0.717, 1.165) is 18.5 Å². The van der Waals surface area contributed by atoms with Gasteiger partial charge < -0.3 is 15.1 Å². The average molecular weight is 283 g/mol. The Morgan fingerprint density at radius 3 is 2.71 bits per heavy atom. The van der Waals surface area contributed by atoms with Crippen LogP contribution in [0.3, 0.4) is 0 Å². The number of aliphatic carboxylic acids is 1. The van der Waals surface area contributed by atoms with Gasteiger partial charge in [-0.05, 0) is 42.2 Å². The summed E-state index contributed by atoms with van der Waals surface area (Å²) >= 11 is 0. The molecule has 3 rings (SSSR count). The number of para-hydroxylation sites is 1. The molecule has 0 aliphatic carbocycles. The molecule has 2 aromatic rings. The van der Waals surface area contributed by atoms with Gasteiger partial charge in [0.05, 0.1) is 0 Å². The predicted molar refractivity (Wildman–Crippen MR) is 80.6 cm³/mol. The van der Waals surface area contributed by atoms with Crippen molar-refractivity contribution < 1.29 is 15.0 Å². The summed E-state index contributed by atoms with van der Waals surface area (Å²) in [6.45, 7) is 0.698. The molecule has 2 N–H and O–H groups in total. The van der Waals surface area contributed by atoms with Crippen LogP contribution < -0.4 is 4.90 Å². The maximum absolute atomic E-state index is 11.8. The highest BCUT2D eigenvalue weighted by molar-refractivity contribution is 5.81. The molecule has 0 saturated carbocycles. The number of rotatable bonds is 3. The number of phenolic OH excluding ortho intramolecular Hbond substituents is 1. The minimum absolute atomic E-state index is 0.0871. The maximum atomic E-state index is 11.8. The minimum atomic E-state index is -0.905. The van der Waals surface area contributed by atoms with Crippen molar-refractivity contribution in [1.82, 2.24) is 0 Å². The van der Waals surface area contributed by atoms with Crippen LogP contribution in [0.2, 0.25) is 0 Å². The van der Waals surface area contributed by atoms with Crippen LogP contribution in [0.5, 0.6) is 5.75 Å². The second-order valence-electron chi connectivity index (χ2n) is 5.26. The van der Waals surface area contributed by atoms with Crippen molar-refractivity contribution in [1.29, 1.82) is 0 Å². The van der Waals surface area contributed by atoms with E-state index in [0.29, 0.717) is 12.1 Å². The van der Waals surface area contributed by atoms with Crippen LogP contribution >= 0.6 is 0 Å². The summed E-state index contributed by atoms with van der Waals surface area (Å²) in [6.07, 6.45) is 1.90. The fourth-order valence-electron chi connectivity index (χ4n) is 2.98. The summed E-state index contributed by atoms with van der Waals surface area (Å²) in [4.78, 5) is 13.7. The van der Waals surface area contributed by atoms with Gasteiger partial charge in [-0.25, -0.2) is 4.79 Å². The zero-order chi connectivity index (χ0) is 14.8. The number of benzene rings is 2. The van der Waals surface area contributed by atoms with Gasteiger partial charge >= 0.3 is 5.97 Å². The highest BCUT2D eigenvalue weighted by Crippen LogP contribution is 2.34. The largest absolute Gasteiger partial charge is 0.508 e. The molecular weight excluding hydrogens is 266 g/mol. The molecule has 4 heteroatoms. The maximum Gasteiger partial charge on any atom is 0.331 e. The van der Waals surface area contributed by atoms with E-state index >= 15 is 0 Å². The van der Waals surface area contributed by atoms with Gasteiger partial charge in [-0.2, -0.15) is 0 Å². The lowest BCUT2D eigenvalue weighted by Crippen LogP contribution is -2.37. The molecule has 21 heavy (non-hydrogen) atoms. The van der Waals surface area contributed by atoms with E-state index in [2.05, 4.69) is 0 Å². The Morgan fingerprint density at radius 2 is 1.95 bits per heavy atom. The molecule has 1 heterocycles. The van der Waals surface area contributed by atoms with Gasteiger partial charge in [-0.1, -0.05) is 30.3 Å². The number of carbonyl (C=O) groups is 1. The lowest BCUT2D eigenvalue weighted by molar-refractivity contribution is -0.138. The first-order valence-electron chi connectivity index (χ1n) is 7.03. The molecule has 1 aliphatic rings. The molecule has 0 saturated heterocycles. The highest BCUT2D eigenvalue weighted by atomic mass is 16.4. The number of fused-ring (bicyclic) bond motifs is 1. The second kappa shape index (κ2) is 5.48. The number of nitrogens with zero attached hydrogens (tertiary/aromatic N) is 1. The molecule has 0 fully saturated rings. The van der Waals surface area contributed by atoms with Gasteiger partial charge in [0.15, 0.2) is 6.04 Å². The number of carboxylic acids is 1. The Kier molecular flexibility index (Phi) is 3.52. The third-order valence-corrected chi connectivity index (χ3v) is 3.88. The summed E-state index contributed by atoms with van der Waals surface area (Å²) in [6, 6.07) is 13.6. The first kappa shape index (κ1) is 13.5. The van der Waals surface area contributed by atoms with Gasteiger partial charge in [0.1, 0.15) is 5.75 Å². The van der Waals surface area contributed by atoms with E-state index < -0.39 is 12.0 Å². The van der Waals surface area contributed by atoms with Gasteiger partial charge in [-0.3, -0.25) is 0 Å². The Morgan fingerprint density at radius 1 is 1.14 bits per heavy atom. The summed E-state index contributed by atoms with van der Waals surface area (Å²) in [5.41, 5.74) is 2.74. The van der Waals surface area contributed by atoms with Crippen molar-refractivity contribution in [3.05, 3.63) is 59.7 Å². The second-order valence-corrected chi connectivity index (χ2v) is 5.26. The molecule has 108 valence electrons. The summed E-state index contributed by atoms with van der Waals surface area (Å²) in [5, 5.41) is 19.3. The van der Waals surface area contributed by atoms with E-state index in [1.165, 1.54) is 11.6 Å². The van der Waals surface area contributed by atoms with Crippen LogP contribution in [0.25, 0.3) is 0 Å². The van der Waals surface area contributed by atoms with Crippen LogP contribution in [0, 0.1) is 0 Å². The topological polar surface area (TPSA) is 60.8 Å². The SMILES string of the molecule is O=C(O)C(c1cccc(O)c1)N1CCCc2ccccc21. The summed E-state index contributed by atoms with van der Waals surface area (Å²) in [7, 11) is 0. The molecule has 2 aromatic carbocycles. The third kappa shape index (κ3) is 2.57. The zero-order valence-electron chi connectivity index (χ0n) is 11.6. The van der Waals surface area contributed by atoms with E-state index in [-0.39, 0.29) is 5.75 Å². The van der Waals surface area contributed by atoms with Crippen molar-refractivity contribution in [2.24, 2.45) is 0 Å². The van der Waals surface area contributed by atoms with Crippen molar-refractivity contribution in [3.63, 3.8) is 0 Å². The molecule has 4 nitrogen and oxygen atoms in total. The van der Waals surface area contributed by atoms with Crippen LogP contribution in [-0.2, 0) is 11.2 Å². The van der Waals surface area contributed by atoms with Gasteiger partial charge in [0.2, 0.25) is 0 Å². The molecule has 0 radical (unpaired) electrons. The number of aryl methyl sites for hydroxylation is 1. The number of hydrogen-bond acceptors (Lipinski definition) is 3. The predicted octanol–water partition coefficient (Wildman–Crippen LogP) is 2.97. The molecule has 0 amide bonds. The van der Waals surface area contributed by atoms with E-state index in [1.54, 1.807) is 18.2 Å². The molecule has 1 atom stereocenters. The number of phenols is 1. The van der Waals surface area contributed by atoms with Crippen LogP contribution in [0.1, 0.15) is 23.6 Å². The zero-order valence-corrected chi connectivity index (χ0v) is 11.6. The van der Waals surface area contributed by atoms with Crippen LogP contribution in [0.15, 0.2) is 48.5 Å². The van der Waals surface area contributed by atoms with Gasteiger partial charge in [0, 0.05) is 12.2 Å². The molecule has 1 unspecified atom stereocenters. The van der Waals surface area contributed by atoms with Crippen molar-refractivity contribution in [2.45, 2.75) is 18.9 Å². The third-order valence-electron chi connectivity index (χ3n) is 3.88. The van der Waals surface area contributed by atoms with E-state index in [9.17, 15) is 15.0 Å². The van der Waals surface area contributed by atoms with Crippen molar-refractivity contribution in [2.75, 3.05) is 11.4 Å².